The van der Waals surface area contributed by atoms with Crippen LogP contribution in [0.25, 0.3) is 0 Å². The lowest BCUT2D eigenvalue weighted by atomic mass is 9.89. The van der Waals surface area contributed by atoms with E-state index in [2.05, 4.69) is 22.9 Å². The van der Waals surface area contributed by atoms with Crippen LogP contribution in [0.15, 0.2) is 23.1 Å². The van der Waals surface area contributed by atoms with Gasteiger partial charge in [-0.3, -0.25) is 4.79 Å². The van der Waals surface area contributed by atoms with Crippen molar-refractivity contribution in [1.29, 1.82) is 0 Å². The Morgan fingerprint density at radius 2 is 1.90 bits per heavy atom. The fourth-order valence-corrected chi connectivity index (χ4v) is 3.81. The molecule has 4 heteroatoms. The van der Waals surface area contributed by atoms with Gasteiger partial charge in [-0.25, -0.2) is 0 Å². The number of pyridine rings is 1. The predicted molar refractivity (Wildman–Crippen MR) is 85.7 cm³/mol. The molecule has 2 aliphatic heterocycles. The molecule has 2 fully saturated rings. The smallest absolute Gasteiger partial charge is 0.250 e. The highest BCUT2D eigenvalue weighted by Crippen LogP contribution is 2.28. The highest BCUT2D eigenvalue weighted by atomic mass is 16.1. The Morgan fingerprint density at radius 1 is 1.14 bits per heavy atom. The van der Waals surface area contributed by atoms with Crippen molar-refractivity contribution in [3.63, 3.8) is 0 Å². The number of likely N-dealkylation sites (tertiary alicyclic amines) is 2. The van der Waals surface area contributed by atoms with Crippen molar-refractivity contribution in [3.8, 4) is 0 Å². The summed E-state index contributed by atoms with van der Waals surface area (Å²) in [5.74, 6) is 1.43. The summed E-state index contributed by atoms with van der Waals surface area (Å²) in [5.41, 5.74) is 1.35. The van der Waals surface area contributed by atoms with Gasteiger partial charge < -0.3 is 14.4 Å². The molecule has 0 amide bonds. The van der Waals surface area contributed by atoms with Gasteiger partial charge in [-0.15, -0.1) is 0 Å². The summed E-state index contributed by atoms with van der Waals surface area (Å²) in [7, 11) is 4.04. The van der Waals surface area contributed by atoms with Gasteiger partial charge in [-0.05, 0) is 69.4 Å². The van der Waals surface area contributed by atoms with E-state index < -0.39 is 0 Å². The van der Waals surface area contributed by atoms with Crippen LogP contribution in [0.1, 0.15) is 30.7 Å². The third kappa shape index (κ3) is 3.55. The molecule has 2 saturated heterocycles. The van der Waals surface area contributed by atoms with E-state index in [0.717, 1.165) is 5.92 Å². The zero-order valence-corrected chi connectivity index (χ0v) is 13.3. The molecule has 4 nitrogen and oxygen atoms in total. The van der Waals surface area contributed by atoms with Gasteiger partial charge in [0.05, 0.1) is 0 Å². The minimum Gasteiger partial charge on any atom is -0.319 e. The van der Waals surface area contributed by atoms with Crippen molar-refractivity contribution in [1.82, 2.24) is 14.4 Å². The lowest BCUT2D eigenvalue weighted by molar-refractivity contribution is 0.183. The van der Waals surface area contributed by atoms with Crippen molar-refractivity contribution in [2.75, 3.05) is 39.8 Å². The highest BCUT2D eigenvalue weighted by molar-refractivity contribution is 5.17. The Morgan fingerprint density at radius 3 is 2.52 bits per heavy atom. The fraction of sp³-hybridized carbons (Fsp3) is 0.706. The van der Waals surface area contributed by atoms with Crippen LogP contribution >= 0.6 is 0 Å². The topological polar surface area (TPSA) is 28.5 Å². The number of hydrogen-bond donors (Lipinski definition) is 0. The molecule has 3 rings (SSSR count). The summed E-state index contributed by atoms with van der Waals surface area (Å²) in [5, 5.41) is 0. The summed E-state index contributed by atoms with van der Waals surface area (Å²) < 4.78 is 1.65. The van der Waals surface area contributed by atoms with Crippen molar-refractivity contribution in [3.05, 3.63) is 34.2 Å². The number of hydrogen-bond acceptors (Lipinski definition) is 3. The van der Waals surface area contributed by atoms with Crippen LogP contribution in [0.5, 0.6) is 0 Å². The maximum absolute atomic E-state index is 11.8. The molecule has 1 aromatic heterocycles. The second-order valence-electron chi connectivity index (χ2n) is 6.90. The summed E-state index contributed by atoms with van der Waals surface area (Å²) in [6, 6.07) is 3.94. The van der Waals surface area contributed by atoms with Crippen LogP contribution in [0.4, 0.5) is 0 Å². The quantitative estimate of drug-likeness (QED) is 0.844. The lowest BCUT2D eigenvalue weighted by Crippen LogP contribution is -2.37. The lowest BCUT2D eigenvalue weighted by Gasteiger charge is -2.33. The number of aryl methyl sites for hydroxylation is 1. The molecule has 0 radical (unpaired) electrons. The van der Waals surface area contributed by atoms with E-state index in [9.17, 15) is 4.79 Å². The van der Waals surface area contributed by atoms with Gasteiger partial charge in [0.2, 0.25) is 0 Å². The Balaban J connectivity index is 1.52. The third-order valence-electron chi connectivity index (χ3n) is 5.19. The summed E-state index contributed by atoms with van der Waals surface area (Å²) >= 11 is 0. The van der Waals surface area contributed by atoms with E-state index in [1.807, 2.05) is 19.3 Å². The van der Waals surface area contributed by atoms with E-state index in [1.165, 1.54) is 57.5 Å². The summed E-state index contributed by atoms with van der Waals surface area (Å²) in [4.78, 5) is 16.8. The van der Waals surface area contributed by atoms with Crippen molar-refractivity contribution < 1.29 is 0 Å². The first kappa shape index (κ1) is 14.8. The molecule has 1 aromatic rings. The molecule has 0 bridgehead atoms. The van der Waals surface area contributed by atoms with E-state index in [1.54, 1.807) is 4.57 Å². The zero-order chi connectivity index (χ0) is 14.8. The molecule has 116 valence electrons. The number of nitrogens with zero attached hydrogens (tertiary/aromatic N) is 3. The summed E-state index contributed by atoms with van der Waals surface area (Å²) in [6.07, 6.45) is 5.63. The molecule has 0 aliphatic carbocycles. The van der Waals surface area contributed by atoms with Crippen LogP contribution in [-0.4, -0.2) is 54.1 Å². The Labute approximate surface area is 127 Å². The second kappa shape index (κ2) is 6.32. The predicted octanol–water partition coefficient (Wildman–Crippen LogP) is 1.52. The molecule has 2 aliphatic rings. The molecule has 0 aromatic carbocycles. The Kier molecular flexibility index (Phi) is 4.45. The first-order valence-corrected chi connectivity index (χ1v) is 8.19. The van der Waals surface area contributed by atoms with E-state index >= 15 is 0 Å². The fourth-order valence-electron chi connectivity index (χ4n) is 3.81. The molecule has 1 atom stereocenters. The van der Waals surface area contributed by atoms with Gasteiger partial charge >= 0.3 is 0 Å². The molecular formula is C17H27N3O. The monoisotopic (exact) mass is 289 g/mol. The number of rotatable bonds is 3. The zero-order valence-electron chi connectivity index (χ0n) is 13.3. The van der Waals surface area contributed by atoms with Crippen LogP contribution < -0.4 is 5.56 Å². The molecule has 1 unspecified atom stereocenters. The molecule has 0 saturated carbocycles. The van der Waals surface area contributed by atoms with E-state index in [0.29, 0.717) is 5.92 Å². The minimum atomic E-state index is 0.115. The SMILES string of the molecule is CN1CCC(CN2CCC(c3ccn(C)c(=O)c3)CC2)C1. The molecule has 0 N–H and O–H groups in total. The molecule has 3 heterocycles. The van der Waals surface area contributed by atoms with Gasteiger partial charge in [-0.2, -0.15) is 0 Å². The minimum absolute atomic E-state index is 0.115. The van der Waals surface area contributed by atoms with Gasteiger partial charge in [0, 0.05) is 32.4 Å². The molecular weight excluding hydrogens is 262 g/mol. The van der Waals surface area contributed by atoms with Crippen molar-refractivity contribution in [2.24, 2.45) is 13.0 Å². The second-order valence-corrected chi connectivity index (χ2v) is 6.90. The number of aromatic nitrogens is 1. The van der Waals surface area contributed by atoms with Gasteiger partial charge in [0.15, 0.2) is 0 Å². The Hall–Kier alpha value is -1.13. The highest BCUT2D eigenvalue weighted by Gasteiger charge is 2.25. The van der Waals surface area contributed by atoms with E-state index in [4.69, 9.17) is 0 Å². The first-order valence-electron chi connectivity index (χ1n) is 8.19. The first-order chi connectivity index (χ1) is 10.1. The summed E-state index contributed by atoms with van der Waals surface area (Å²) in [6.45, 7) is 6.14. The average Bonchev–Trinajstić information content (AvgIpc) is 2.88. The van der Waals surface area contributed by atoms with Crippen molar-refractivity contribution >= 4 is 0 Å². The van der Waals surface area contributed by atoms with Crippen LogP contribution in [0, 0.1) is 5.92 Å². The standard InChI is InChI=1S/C17H27N3O/c1-18-7-3-14(12-18)13-20-9-5-15(6-10-20)16-4-8-19(2)17(21)11-16/h4,8,11,14-15H,3,5-7,9-10,12-13H2,1-2H3. The van der Waals surface area contributed by atoms with Crippen LogP contribution in [-0.2, 0) is 7.05 Å². The maximum Gasteiger partial charge on any atom is 0.250 e. The molecule has 21 heavy (non-hydrogen) atoms. The maximum atomic E-state index is 11.8. The third-order valence-corrected chi connectivity index (χ3v) is 5.19. The normalized spacial score (nSPS) is 25.5. The average molecular weight is 289 g/mol. The van der Waals surface area contributed by atoms with Gasteiger partial charge in [0.25, 0.3) is 5.56 Å². The molecule has 0 spiro atoms. The van der Waals surface area contributed by atoms with Gasteiger partial charge in [-0.1, -0.05) is 0 Å². The van der Waals surface area contributed by atoms with Crippen molar-refractivity contribution in [2.45, 2.75) is 25.2 Å². The largest absolute Gasteiger partial charge is 0.319 e. The van der Waals surface area contributed by atoms with Gasteiger partial charge in [0.1, 0.15) is 0 Å². The number of piperidine rings is 1. The van der Waals surface area contributed by atoms with Crippen LogP contribution in [0.3, 0.4) is 0 Å². The van der Waals surface area contributed by atoms with E-state index in [-0.39, 0.29) is 5.56 Å². The van der Waals surface area contributed by atoms with Crippen LogP contribution in [0.2, 0.25) is 0 Å². The Bertz CT molecular complexity index is 531.